The van der Waals surface area contributed by atoms with Gasteiger partial charge >= 0.3 is 18.0 Å². The molecule has 5 rings (SSSR count). The zero-order valence-electron chi connectivity index (χ0n) is 30.7. The van der Waals surface area contributed by atoms with Gasteiger partial charge in [0.15, 0.2) is 11.5 Å². The quantitative estimate of drug-likeness (QED) is 0.129. The van der Waals surface area contributed by atoms with E-state index in [9.17, 15) is 24.3 Å². The van der Waals surface area contributed by atoms with Crippen LogP contribution in [-0.4, -0.2) is 78.3 Å². The number of carbonyl (C=O) groups is 4. The molecule has 2 aliphatic rings. The number of para-hydroxylation sites is 1. The summed E-state index contributed by atoms with van der Waals surface area (Å²) in [6, 6.07) is 16.1. The molecule has 278 valence electrons. The summed E-state index contributed by atoms with van der Waals surface area (Å²) in [7, 11) is 4.55. The number of carbonyl (C=O) groups excluding carboxylic acids is 3. The van der Waals surface area contributed by atoms with Gasteiger partial charge in [0.05, 0.1) is 45.9 Å². The van der Waals surface area contributed by atoms with Crippen molar-refractivity contribution in [3.05, 3.63) is 77.4 Å². The van der Waals surface area contributed by atoms with Crippen LogP contribution in [0.4, 0.5) is 21.0 Å². The van der Waals surface area contributed by atoms with E-state index in [1.807, 2.05) is 51.1 Å². The number of aryl methyl sites for hydroxylation is 1. The van der Waals surface area contributed by atoms with Gasteiger partial charge in [0.1, 0.15) is 5.75 Å². The highest BCUT2D eigenvalue weighted by atomic mass is 16.5. The van der Waals surface area contributed by atoms with Crippen molar-refractivity contribution in [2.45, 2.75) is 77.0 Å². The van der Waals surface area contributed by atoms with E-state index in [0.29, 0.717) is 46.5 Å². The van der Waals surface area contributed by atoms with Crippen LogP contribution in [0.2, 0.25) is 0 Å². The average Bonchev–Trinajstić information content (AvgIpc) is 3.93. The monoisotopic (exact) mass is 715 g/mol. The van der Waals surface area contributed by atoms with Crippen LogP contribution in [0, 0.1) is 12.8 Å². The van der Waals surface area contributed by atoms with Crippen molar-refractivity contribution < 1.29 is 38.5 Å². The molecule has 1 heterocycles. The van der Waals surface area contributed by atoms with E-state index in [-0.39, 0.29) is 31.8 Å². The third-order valence-corrected chi connectivity index (χ3v) is 9.72. The number of carboxylic acids is 1. The molecule has 1 saturated carbocycles. The van der Waals surface area contributed by atoms with Crippen molar-refractivity contribution >= 4 is 35.3 Å². The first-order chi connectivity index (χ1) is 24.8. The Kier molecular flexibility index (Phi) is 11.9. The molecule has 3 aromatic rings. The molecule has 0 aromatic heterocycles. The zero-order valence-corrected chi connectivity index (χ0v) is 30.7. The molecule has 2 atom stereocenters. The molecular weight excluding hydrogens is 666 g/mol. The first kappa shape index (κ1) is 37.9. The molecular formula is C39H49N5O8. The number of aliphatic carboxylic acids is 1. The number of hydrogen-bond donors (Lipinski definition) is 4. The molecule has 1 saturated heterocycles. The summed E-state index contributed by atoms with van der Waals surface area (Å²) < 4.78 is 16.4. The molecule has 1 aliphatic carbocycles. The normalized spacial score (nSPS) is 16.6. The highest BCUT2D eigenvalue weighted by molar-refractivity contribution is 6.01. The summed E-state index contributed by atoms with van der Waals surface area (Å²) in [5.74, 6) is 0.525. The molecule has 4 N–H and O–H groups in total. The van der Waals surface area contributed by atoms with Crippen LogP contribution in [0.5, 0.6) is 17.2 Å². The van der Waals surface area contributed by atoms with Gasteiger partial charge in [-0.2, -0.15) is 0 Å². The molecule has 5 amide bonds. The summed E-state index contributed by atoms with van der Waals surface area (Å²) in [4.78, 5) is 56.0. The van der Waals surface area contributed by atoms with Crippen molar-refractivity contribution in [3.63, 3.8) is 0 Å². The number of nitrogens with zero attached hydrogens (tertiary/aromatic N) is 2. The van der Waals surface area contributed by atoms with E-state index >= 15 is 0 Å². The van der Waals surface area contributed by atoms with Gasteiger partial charge in [0.2, 0.25) is 5.91 Å². The number of benzene rings is 3. The minimum atomic E-state index is -0.993. The Bertz CT molecular complexity index is 1790. The first-order valence-corrected chi connectivity index (χ1v) is 17.4. The number of amides is 5. The molecule has 0 spiro atoms. The number of ether oxygens (including phenoxy) is 3. The Morgan fingerprint density at radius 2 is 1.60 bits per heavy atom. The van der Waals surface area contributed by atoms with Crippen LogP contribution < -0.4 is 30.2 Å². The standard InChI is InChI=1S/C39H49N5O8/c1-24-9-7-8-10-29(24)41-37(48)42-30-15-13-26(18-33(30)51-5)23-43-38(49)44(35(45)21-39(43,2)3)28(17-25-11-12-25)22-40-31(20-36(46)47)27-14-16-32(50-4)34(19-27)52-6/h7-10,13-16,18-19,25,28,31,40H,11-12,17,20-23H2,1-6H3,(H,46,47)(H2,41,42,48)/t28-,31-/m0/s1. The van der Waals surface area contributed by atoms with Gasteiger partial charge in [-0.25, -0.2) is 9.59 Å². The molecule has 2 fully saturated rings. The van der Waals surface area contributed by atoms with Gasteiger partial charge in [-0.15, -0.1) is 0 Å². The SMILES string of the molecule is COc1cc(CN2C(=O)N([C@H](CN[C@@H](CC(=O)O)c3ccc(OC)c(OC)c3)CC3CC3)C(=O)CC2(C)C)ccc1NC(=O)Nc1ccccc1C. The van der Waals surface area contributed by atoms with E-state index in [1.165, 1.54) is 26.2 Å². The van der Waals surface area contributed by atoms with Crippen molar-refractivity contribution in [2.24, 2.45) is 5.92 Å². The Morgan fingerprint density at radius 3 is 2.25 bits per heavy atom. The van der Waals surface area contributed by atoms with Gasteiger partial charge in [-0.05, 0) is 80.1 Å². The van der Waals surface area contributed by atoms with E-state index in [1.54, 1.807) is 35.2 Å². The van der Waals surface area contributed by atoms with E-state index in [0.717, 1.165) is 24.0 Å². The lowest BCUT2D eigenvalue weighted by Gasteiger charge is -2.48. The molecule has 0 bridgehead atoms. The summed E-state index contributed by atoms with van der Waals surface area (Å²) in [5.41, 5.74) is 2.72. The second-order valence-electron chi connectivity index (χ2n) is 14.1. The van der Waals surface area contributed by atoms with E-state index < -0.39 is 35.7 Å². The third kappa shape index (κ3) is 9.13. The molecule has 1 aliphatic heterocycles. The van der Waals surface area contributed by atoms with Gasteiger partial charge in [-0.1, -0.05) is 43.2 Å². The highest BCUT2D eigenvalue weighted by Crippen LogP contribution is 2.38. The summed E-state index contributed by atoms with van der Waals surface area (Å²) in [5, 5.41) is 18.8. The predicted octanol–water partition coefficient (Wildman–Crippen LogP) is 6.57. The number of hydrogen-bond acceptors (Lipinski definition) is 8. The van der Waals surface area contributed by atoms with Crippen LogP contribution in [0.1, 0.15) is 68.7 Å². The zero-order chi connectivity index (χ0) is 37.6. The lowest BCUT2D eigenvalue weighted by molar-refractivity contribution is -0.139. The third-order valence-electron chi connectivity index (χ3n) is 9.72. The van der Waals surface area contributed by atoms with Crippen LogP contribution >= 0.6 is 0 Å². The minimum Gasteiger partial charge on any atom is -0.495 e. The topological polar surface area (TPSA) is 159 Å². The molecule has 0 unspecified atom stereocenters. The maximum Gasteiger partial charge on any atom is 0.327 e. The van der Waals surface area contributed by atoms with Gasteiger partial charge in [-0.3, -0.25) is 14.5 Å². The number of carboxylic acid groups (broad SMARTS) is 1. The van der Waals surface area contributed by atoms with Crippen LogP contribution in [-0.2, 0) is 16.1 Å². The number of urea groups is 2. The van der Waals surface area contributed by atoms with E-state index in [4.69, 9.17) is 14.2 Å². The number of nitrogens with one attached hydrogen (secondary N) is 3. The fourth-order valence-corrected chi connectivity index (χ4v) is 6.65. The lowest BCUT2D eigenvalue weighted by Crippen LogP contribution is -2.64. The molecule has 13 heteroatoms. The molecule has 3 aromatic carbocycles. The van der Waals surface area contributed by atoms with Crippen molar-refractivity contribution in [1.82, 2.24) is 15.1 Å². The minimum absolute atomic E-state index is 0.115. The molecule has 13 nitrogen and oxygen atoms in total. The van der Waals surface area contributed by atoms with Gasteiger partial charge in [0, 0.05) is 30.4 Å². The summed E-state index contributed by atoms with van der Waals surface area (Å²) >= 11 is 0. The lowest BCUT2D eigenvalue weighted by atomic mass is 9.92. The Hall–Kier alpha value is -5.30. The largest absolute Gasteiger partial charge is 0.495 e. The maximum atomic E-state index is 14.4. The second-order valence-corrected chi connectivity index (χ2v) is 14.1. The fraction of sp³-hybridized carbons (Fsp3) is 0.436. The predicted molar refractivity (Wildman–Crippen MR) is 197 cm³/mol. The number of rotatable bonds is 16. The highest BCUT2D eigenvalue weighted by Gasteiger charge is 2.47. The molecule has 52 heavy (non-hydrogen) atoms. The van der Waals surface area contributed by atoms with E-state index in [2.05, 4.69) is 16.0 Å². The fourth-order valence-electron chi connectivity index (χ4n) is 6.65. The Balaban J connectivity index is 1.34. The number of methoxy groups -OCH3 is 3. The summed E-state index contributed by atoms with van der Waals surface area (Å²) in [6.07, 6.45) is 2.54. The first-order valence-electron chi connectivity index (χ1n) is 17.4. The van der Waals surface area contributed by atoms with Gasteiger partial charge in [0.25, 0.3) is 0 Å². The van der Waals surface area contributed by atoms with Crippen LogP contribution in [0.3, 0.4) is 0 Å². The Labute approximate surface area is 304 Å². The van der Waals surface area contributed by atoms with Crippen LogP contribution in [0.25, 0.3) is 0 Å². The average molecular weight is 716 g/mol. The Morgan fingerprint density at radius 1 is 0.904 bits per heavy atom. The van der Waals surface area contributed by atoms with Crippen molar-refractivity contribution in [2.75, 3.05) is 38.5 Å². The summed E-state index contributed by atoms with van der Waals surface area (Å²) in [6.45, 7) is 6.06. The smallest absolute Gasteiger partial charge is 0.327 e. The second kappa shape index (κ2) is 16.4. The number of anilines is 2. The molecule has 0 radical (unpaired) electrons. The van der Waals surface area contributed by atoms with Gasteiger partial charge < -0.3 is 40.2 Å². The van der Waals surface area contributed by atoms with Crippen molar-refractivity contribution in [3.8, 4) is 17.2 Å². The van der Waals surface area contributed by atoms with Crippen LogP contribution in [0.15, 0.2) is 60.7 Å². The maximum absolute atomic E-state index is 14.4. The van der Waals surface area contributed by atoms with Crippen molar-refractivity contribution in [1.29, 1.82) is 0 Å². The number of imide groups is 1.